The van der Waals surface area contributed by atoms with E-state index in [-0.39, 0.29) is 0 Å². The van der Waals surface area contributed by atoms with Crippen LogP contribution < -0.4 is 14.4 Å². The second-order valence-electron chi connectivity index (χ2n) is 10.6. The smallest absolute Gasteiger partial charge is 0.124 e. The molecule has 2 heterocycles. The molecule has 0 N–H and O–H groups in total. The first-order valence-electron chi connectivity index (χ1n) is 13.9. The number of fused-ring (bicyclic) bond motifs is 1. The Kier molecular flexibility index (Phi) is 8.50. The number of aromatic nitrogens is 4. The highest BCUT2D eigenvalue weighted by Gasteiger charge is 2.18. The van der Waals surface area contributed by atoms with Crippen LogP contribution in [0.25, 0.3) is 22.3 Å². The van der Waals surface area contributed by atoms with Gasteiger partial charge < -0.3 is 14.4 Å². The molecule has 5 rings (SSSR count). The van der Waals surface area contributed by atoms with Crippen molar-refractivity contribution in [1.29, 1.82) is 0 Å². The van der Waals surface area contributed by atoms with Gasteiger partial charge in [0, 0.05) is 74.1 Å². The van der Waals surface area contributed by atoms with E-state index in [2.05, 4.69) is 77.1 Å². The van der Waals surface area contributed by atoms with Gasteiger partial charge in [-0.05, 0) is 44.5 Å². The third-order valence-electron chi connectivity index (χ3n) is 7.33. The maximum atomic E-state index is 5.63. The van der Waals surface area contributed by atoms with Crippen LogP contribution in [0.2, 0.25) is 0 Å². The molecule has 0 aliphatic carbocycles. The zero-order chi connectivity index (χ0) is 28.9. The highest BCUT2D eigenvalue weighted by molar-refractivity contribution is 5.82. The highest BCUT2D eigenvalue weighted by atomic mass is 16.5. The van der Waals surface area contributed by atoms with Crippen molar-refractivity contribution in [2.75, 3.05) is 32.2 Å². The lowest BCUT2D eigenvalue weighted by Crippen LogP contribution is -2.37. The molecule has 8 nitrogen and oxygen atoms in total. The van der Waals surface area contributed by atoms with E-state index in [0.29, 0.717) is 6.04 Å². The Labute approximate surface area is 242 Å². The number of methoxy groups -OCH3 is 2. The van der Waals surface area contributed by atoms with E-state index in [1.807, 2.05) is 43.7 Å². The monoisotopic (exact) mass is 550 g/mol. The summed E-state index contributed by atoms with van der Waals surface area (Å²) in [4.78, 5) is 14.4. The van der Waals surface area contributed by atoms with Crippen LogP contribution in [0, 0.1) is 6.92 Å². The first-order valence-corrected chi connectivity index (χ1v) is 13.9. The van der Waals surface area contributed by atoms with Crippen LogP contribution in [0.1, 0.15) is 25.0 Å². The fraction of sp³-hybridized carbons (Fsp3) is 0.303. The Bertz CT molecular complexity index is 1590. The van der Waals surface area contributed by atoms with Gasteiger partial charge in [-0.3, -0.25) is 14.6 Å². The minimum absolute atomic E-state index is 0.377. The van der Waals surface area contributed by atoms with E-state index < -0.39 is 0 Å². The molecule has 8 heteroatoms. The van der Waals surface area contributed by atoms with Crippen LogP contribution in [0.15, 0.2) is 79.3 Å². The van der Waals surface area contributed by atoms with Crippen molar-refractivity contribution in [1.82, 2.24) is 24.6 Å². The molecule has 0 saturated heterocycles. The predicted molar refractivity (Wildman–Crippen MR) is 165 cm³/mol. The summed E-state index contributed by atoms with van der Waals surface area (Å²) < 4.78 is 13.0. The molecule has 5 aromatic rings. The first kappa shape index (κ1) is 28.1. The molecule has 0 fully saturated rings. The number of hydrogen-bond acceptors (Lipinski definition) is 7. The van der Waals surface area contributed by atoms with Crippen molar-refractivity contribution >= 4 is 22.4 Å². The van der Waals surface area contributed by atoms with Gasteiger partial charge in [0.15, 0.2) is 0 Å². The lowest BCUT2D eigenvalue weighted by molar-refractivity contribution is 0.219. The van der Waals surface area contributed by atoms with Gasteiger partial charge in [-0.15, -0.1) is 0 Å². The molecule has 0 aliphatic heterocycles. The van der Waals surface area contributed by atoms with E-state index in [0.717, 1.165) is 64.8 Å². The summed E-state index contributed by atoms with van der Waals surface area (Å²) in [7, 11) is 5.25. The van der Waals surface area contributed by atoms with Crippen molar-refractivity contribution < 1.29 is 9.47 Å². The van der Waals surface area contributed by atoms with Gasteiger partial charge >= 0.3 is 0 Å². The number of nitrogens with zero attached hydrogens (tertiary/aromatic N) is 6. The Hall–Kier alpha value is -4.43. The number of rotatable bonds is 11. The molecule has 212 valence electrons. The van der Waals surface area contributed by atoms with Crippen molar-refractivity contribution in [2.45, 2.75) is 33.4 Å². The molecular formula is C33H38N6O2. The average Bonchev–Trinajstić information content (AvgIpc) is 3.43. The largest absolute Gasteiger partial charge is 0.497 e. The van der Waals surface area contributed by atoms with Crippen LogP contribution in [0.3, 0.4) is 0 Å². The summed E-state index contributed by atoms with van der Waals surface area (Å²) in [6.45, 7) is 9.10. The minimum Gasteiger partial charge on any atom is -0.497 e. The Morgan fingerprint density at radius 1 is 0.829 bits per heavy atom. The minimum atomic E-state index is 0.377. The SMILES string of the molecule is COc1cc(OC)cc(N(CCN(Cc2ccc(C)cc2)C(C)C)c2ccc3ncc(-c4cnn(C)c4)nc3c2)c1. The summed E-state index contributed by atoms with van der Waals surface area (Å²) in [5, 5.41) is 4.29. The molecule has 0 unspecified atom stereocenters. The molecule has 0 radical (unpaired) electrons. The van der Waals surface area contributed by atoms with Gasteiger partial charge in [0.2, 0.25) is 0 Å². The van der Waals surface area contributed by atoms with Crippen molar-refractivity contribution in [3.05, 3.63) is 90.4 Å². The van der Waals surface area contributed by atoms with Gasteiger partial charge in [-0.1, -0.05) is 29.8 Å². The Morgan fingerprint density at radius 2 is 1.56 bits per heavy atom. The predicted octanol–water partition coefficient (Wildman–Crippen LogP) is 6.40. The summed E-state index contributed by atoms with van der Waals surface area (Å²) in [6.07, 6.45) is 5.56. The van der Waals surface area contributed by atoms with Crippen LogP contribution in [0.5, 0.6) is 11.5 Å². The summed E-state index contributed by atoms with van der Waals surface area (Å²) in [5.41, 5.74) is 7.97. The second-order valence-corrected chi connectivity index (χ2v) is 10.6. The third kappa shape index (κ3) is 6.66. The summed E-state index contributed by atoms with van der Waals surface area (Å²) >= 11 is 0. The number of anilines is 2. The van der Waals surface area contributed by atoms with Gasteiger partial charge in [0.05, 0.1) is 43.3 Å². The molecular weight excluding hydrogens is 512 g/mol. The highest BCUT2D eigenvalue weighted by Crippen LogP contribution is 2.34. The van der Waals surface area contributed by atoms with E-state index in [1.165, 1.54) is 11.1 Å². The molecule has 0 spiro atoms. The van der Waals surface area contributed by atoms with Crippen LogP contribution in [0.4, 0.5) is 11.4 Å². The topological polar surface area (TPSA) is 68.5 Å². The van der Waals surface area contributed by atoms with Crippen molar-refractivity contribution in [2.24, 2.45) is 7.05 Å². The molecule has 3 aromatic carbocycles. The van der Waals surface area contributed by atoms with Crippen molar-refractivity contribution in [3.63, 3.8) is 0 Å². The number of ether oxygens (including phenoxy) is 2. The molecule has 0 atom stereocenters. The van der Waals surface area contributed by atoms with E-state index >= 15 is 0 Å². The van der Waals surface area contributed by atoms with Crippen molar-refractivity contribution in [3.8, 4) is 22.8 Å². The third-order valence-corrected chi connectivity index (χ3v) is 7.33. The van der Waals surface area contributed by atoms with Gasteiger partial charge in [-0.25, -0.2) is 4.98 Å². The Morgan fingerprint density at radius 3 is 2.20 bits per heavy atom. The summed E-state index contributed by atoms with van der Waals surface area (Å²) in [6, 6.07) is 21.4. The fourth-order valence-corrected chi connectivity index (χ4v) is 4.89. The lowest BCUT2D eigenvalue weighted by Gasteiger charge is -2.32. The molecule has 0 aliphatic rings. The van der Waals surface area contributed by atoms with Gasteiger partial charge in [0.25, 0.3) is 0 Å². The van der Waals surface area contributed by atoms with Crippen LogP contribution in [-0.4, -0.2) is 58.0 Å². The normalized spacial score (nSPS) is 11.4. The number of aryl methyl sites for hydroxylation is 2. The summed E-state index contributed by atoms with van der Waals surface area (Å²) in [5.74, 6) is 1.48. The first-order chi connectivity index (χ1) is 19.8. The van der Waals surface area contributed by atoms with E-state index in [1.54, 1.807) is 25.1 Å². The maximum Gasteiger partial charge on any atom is 0.124 e. The fourth-order valence-electron chi connectivity index (χ4n) is 4.89. The van der Waals surface area contributed by atoms with Gasteiger partial charge in [0.1, 0.15) is 11.5 Å². The standard InChI is InChI=1S/C33H38N6O2/c1-23(2)38(21-25-9-7-24(3)8-10-25)13-14-39(28-15-29(40-5)18-30(16-28)41-6)27-11-12-31-32(17-27)36-33(20-34-31)26-19-35-37(4)22-26/h7-12,15-20,22-23H,13-14,21H2,1-6H3. The lowest BCUT2D eigenvalue weighted by atomic mass is 10.1. The molecule has 2 aromatic heterocycles. The van der Waals surface area contributed by atoms with Crippen LogP contribution >= 0.6 is 0 Å². The molecule has 0 saturated carbocycles. The molecule has 41 heavy (non-hydrogen) atoms. The van der Waals surface area contributed by atoms with E-state index in [4.69, 9.17) is 14.5 Å². The zero-order valence-corrected chi connectivity index (χ0v) is 24.7. The average molecular weight is 551 g/mol. The maximum absolute atomic E-state index is 5.63. The number of benzene rings is 3. The molecule has 0 amide bonds. The second kappa shape index (κ2) is 12.4. The van der Waals surface area contributed by atoms with Crippen LogP contribution in [-0.2, 0) is 13.6 Å². The number of hydrogen-bond donors (Lipinski definition) is 0. The zero-order valence-electron chi connectivity index (χ0n) is 24.7. The quantitative estimate of drug-likeness (QED) is 0.188. The van der Waals surface area contributed by atoms with E-state index in [9.17, 15) is 0 Å². The molecule has 0 bridgehead atoms. The Balaban J connectivity index is 1.51. The van der Waals surface area contributed by atoms with Gasteiger partial charge in [-0.2, -0.15) is 5.10 Å².